The van der Waals surface area contributed by atoms with Crippen molar-refractivity contribution in [2.45, 2.75) is 4.90 Å². The van der Waals surface area contributed by atoms with Crippen LogP contribution in [0.25, 0.3) is 10.2 Å². The fraction of sp³-hybridized carbons (Fsp3) is 0.364. The second-order valence-electron chi connectivity index (χ2n) is 7.19. The first-order valence-electron chi connectivity index (χ1n) is 10.2. The van der Waals surface area contributed by atoms with E-state index in [0.29, 0.717) is 40.7 Å². The molecule has 0 bridgehead atoms. The van der Waals surface area contributed by atoms with Gasteiger partial charge in [-0.15, -0.1) is 11.8 Å². The number of nitrogens with zero attached hydrogens (tertiary/aromatic N) is 3. The van der Waals surface area contributed by atoms with Crippen molar-refractivity contribution in [3.05, 3.63) is 46.4 Å². The van der Waals surface area contributed by atoms with Gasteiger partial charge < -0.3 is 9.47 Å². The summed E-state index contributed by atoms with van der Waals surface area (Å²) in [6, 6.07) is 11.1. The van der Waals surface area contributed by atoms with Crippen LogP contribution in [-0.4, -0.2) is 68.0 Å². The number of thiazole rings is 1. The first-order valence-corrected chi connectivity index (χ1v) is 13.0. The van der Waals surface area contributed by atoms with Crippen molar-refractivity contribution in [1.82, 2.24) is 9.88 Å². The Morgan fingerprint density at radius 1 is 1.25 bits per heavy atom. The number of aromatic nitrogens is 1. The predicted octanol–water partition coefficient (Wildman–Crippen LogP) is 5.07. The molecule has 0 aliphatic carbocycles. The number of hydrogen-bond donors (Lipinski definition) is 0. The van der Waals surface area contributed by atoms with Gasteiger partial charge in [0.05, 0.1) is 28.5 Å². The standard InChI is InChI=1S/C22H23Cl2N3O3S2/c1-31-16-3-4-18-20(13-16)32-22(25-18)27(7-6-26-8-10-29-11-9-26)21(28)14-30-19-5-2-15(23)12-17(19)24/h2-5,12-13H,6-11,14H2,1H3. The molecule has 0 radical (unpaired) electrons. The topological polar surface area (TPSA) is 54.9 Å². The Hall–Kier alpha value is -1.55. The van der Waals surface area contributed by atoms with Gasteiger partial charge in [-0.25, -0.2) is 4.98 Å². The zero-order valence-corrected chi connectivity index (χ0v) is 20.7. The lowest BCUT2D eigenvalue weighted by atomic mass is 10.3. The Kier molecular flexibility index (Phi) is 8.15. The van der Waals surface area contributed by atoms with Crippen molar-refractivity contribution in [3.63, 3.8) is 0 Å². The van der Waals surface area contributed by atoms with E-state index in [2.05, 4.69) is 11.0 Å². The van der Waals surface area contributed by atoms with Gasteiger partial charge in [-0.3, -0.25) is 14.6 Å². The average molecular weight is 512 g/mol. The molecule has 2 aromatic carbocycles. The molecule has 4 rings (SSSR count). The van der Waals surface area contributed by atoms with Gasteiger partial charge in [0.25, 0.3) is 5.91 Å². The van der Waals surface area contributed by atoms with Crippen LogP contribution in [0.4, 0.5) is 5.13 Å². The van der Waals surface area contributed by atoms with Crippen LogP contribution in [0.15, 0.2) is 41.3 Å². The third-order valence-corrected chi connectivity index (χ3v) is 7.40. The van der Waals surface area contributed by atoms with Crippen molar-refractivity contribution in [2.75, 3.05) is 57.2 Å². The number of benzene rings is 2. The highest BCUT2D eigenvalue weighted by Gasteiger charge is 2.22. The molecule has 0 N–H and O–H groups in total. The fourth-order valence-corrected chi connectivity index (χ4v) is 5.36. The normalized spacial score (nSPS) is 14.6. The Labute approximate surface area is 205 Å². The second kappa shape index (κ2) is 11.0. The predicted molar refractivity (Wildman–Crippen MR) is 133 cm³/mol. The molecule has 6 nitrogen and oxygen atoms in total. The Balaban J connectivity index is 1.52. The zero-order valence-electron chi connectivity index (χ0n) is 17.6. The van der Waals surface area contributed by atoms with Gasteiger partial charge in [0, 0.05) is 36.1 Å². The highest BCUT2D eigenvalue weighted by atomic mass is 35.5. The van der Waals surface area contributed by atoms with Crippen molar-refractivity contribution >= 4 is 67.6 Å². The van der Waals surface area contributed by atoms with E-state index in [4.69, 9.17) is 37.7 Å². The molecular weight excluding hydrogens is 489 g/mol. The summed E-state index contributed by atoms with van der Waals surface area (Å²) >= 11 is 15.3. The van der Waals surface area contributed by atoms with Crippen molar-refractivity contribution in [3.8, 4) is 5.75 Å². The molecular formula is C22H23Cl2N3O3S2. The van der Waals surface area contributed by atoms with Crippen LogP contribution in [0.2, 0.25) is 10.0 Å². The number of thioether (sulfide) groups is 1. The highest BCUT2D eigenvalue weighted by molar-refractivity contribution is 7.98. The molecule has 1 amide bonds. The summed E-state index contributed by atoms with van der Waals surface area (Å²) in [5.41, 5.74) is 0.883. The van der Waals surface area contributed by atoms with E-state index in [-0.39, 0.29) is 12.5 Å². The molecule has 1 aromatic heterocycles. The number of amides is 1. The van der Waals surface area contributed by atoms with E-state index in [9.17, 15) is 4.79 Å². The third kappa shape index (κ3) is 5.87. The molecule has 1 aliphatic heterocycles. The molecule has 0 unspecified atom stereocenters. The van der Waals surface area contributed by atoms with Crippen LogP contribution < -0.4 is 9.64 Å². The van der Waals surface area contributed by atoms with Crippen molar-refractivity contribution < 1.29 is 14.3 Å². The average Bonchev–Trinajstić information content (AvgIpc) is 3.22. The number of hydrogen-bond acceptors (Lipinski definition) is 7. The minimum Gasteiger partial charge on any atom is -0.482 e. The minimum absolute atomic E-state index is 0.142. The monoisotopic (exact) mass is 511 g/mol. The summed E-state index contributed by atoms with van der Waals surface area (Å²) in [6.45, 7) is 4.26. The molecule has 32 heavy (non-hydrogen) atoms. The van der Waals surface area contributed by atoms with Gasteiger partial charge in [0.2, 0.25) is 0 Å². The quantitative estimate of drug-likeness (QED) is 0.393. The van der Waals surface area contributed by atoms with Gasteiger partial charge in [-0.2, -0.15) is 0 Å². The number of rotatable bonds is 8. The van der Waals surface area contributed by atoms with Crippen LogP contribution >= 0.6 is 46.3 Å². The molecule has 2 heterocycles. The van der Waals surface area contributed by atoms with Crippen LogP contribution in [-0.2, 0) is 9.53 Å². The Bertz CT molecular complexity index is 1090. The summed E-state index contributed by atoms with van der Waals surface area (Å²) in [5, 5.41) is 1.55. The molecule has 0 spiro atoms. The molecule has 1 fully saturated rings. The fourth-order valence-electron chi connectivity index (χ4n) is 3.34. The van der Waals surface area contributed by atoms with E-state index < -0.39 is 0 Å². The smallest absolute Gasteiger partial charge is 0.266 e. The molecule has 10 heteroatoms. The third-order valence-electron chi connectivity index (χ3n) is 5.10. The van der Waals surface area contributed by atoms with Gasteiger partial charge >= 0.3 is 0 Å². The molecule has 1 saturated heterocycles. The Morgan fingerprint density at radius 3 is 2.81 bits per heavy atom. The lowest BCUT2D eigenvalue weighted by molar-refractivity contribution is -0.120. The van der Waals surface area contributed by atoms with E-state index in [1.54, 1.807) is 34.9 Å². The zero-order chi connectivity index (χ0) is 22.5. The Morgan fingerprint density at radius 2 is 2.06 bits per heavy atom. The number of anilines is 1. The van der Waals surface area contributed by atoms with Crippen LogP contribution in [0.5, 0.6) is 5.75 Å². The number of morpholine rings is 1. The summed E-state index contributed by atoms with van der Waals surface area (Å²) in [6.07, 6.45) is 2.04. The summed E-state index contributed by atoms with van der Waals surface area (Å²) in [5.74, 6) is 0.250. The number of carbonyl (C=O) groups excluding carboxylic acids is 1. The van der Waals surface area contributed by atoms with E-state index in [1.807, 2.05) is 18.4 Å². The number of halogens is 2. The molecule has 0 saturated carbocycles. The van der Waals surface area contributed by atoms with E-state index >= 15 is 0 Å². The minimum atomic E-state index is -0.173. The van der Waals surface area contributed by atoms with Gasteiger partial charge in [0.1, 0.15) is 5.75 Å². The van der Waals surface area contributed by atoms with Crippen molar-refractivity contribution in [1.29, 1.82) is 0 Å². The van der Waals surface area contributed by atoms with Crippen LogP contribution in [0.3, 0.4) is 0 Å². The number of fused-ring (bicyclic) bond motifs is 1. The van der Waals surface area contributed by atoms with Crippen LogP contribution in [0, 0.1) is 0 Å². The molecule has 170 valence electrons. The first kappa shape index (κ1) is 23.6. The van der Waals surface area contributed by atoms with Crippen molar-refractivity contribution in [2.24, 2.45) is 0 Å². The SMILES string of the molecule is CSc1ccc2nc(N(CCN3CCOCC3)C(=O)COc3ccc(Cl)cc3Cl)sc2c1. The summed E-state index contributed by atoms with van der Waals surface area (Å²) in [7, 11) is 0. The number of carbonyl (C=O) groups is 1. The maximum atomic E-state index is 13.2. The molecule has 3 aromatic rings. The van der Waals surface area contributed by atoms with Gasteiger partial charge in [-0.05, 0) is 42.7 Å². The lowest BCUT2D eigenvalue weighted by Crippen LogP contribution is -2.44. The maximum Gasteiger partial charge on any atom is 0.266 e. The summed E-state index contributed by atoms with van der Waals surface area (Å²) < 4.78 is 12.2. The van der Waals surface area contributed by atoms with E-state index in [1.165, 1.54) is 16.2 Å². The second-order valence-corrected chi connectivity index (χ2v) is 9.93. The van der Waals surface area contributed by atoms with Gasteiger partial charge in [-0.1, -0.05) is 34.5 Å². The largest absolute Gasteiger partial charge is 0.482 e. The lowest BCUT2D eigenvalue weighted by Gasteiger charge is -2.29. The van der Waals surface area contributed by atoms with E-state index in [0.717, 1.165) is 29.9 Å². The summed E-state index contributed by atoms with van der Waals surface area (Å²) in [4.78, 5) is 23.1. The first-order chi connectivity index (χ1) is 15.5. The van der Waals surface area contributed by atoms with Gasteiger partial charge in [0.15, 0.2) is 11.7 Å². The highest BCUT2D eigenvalue weighted by Crippen LogP contribution is 2.32. The maximum absolute atomic E-state index is 13.2. The van der Waals surface area contributed by atoms with Crippen LogP contribution in [0.1, 0.15) is 0 Å². The number of ether oxygens (including phenoxy) is 2. The molecule has 0 atom stereocenters. The molecule has 1 aliphatic rings.